The van der Waals surface area contributed by atoms with Crippen molar-refractivity contribution in [1.82, 2.24) is 10.6 Å². The van der Waals surface area contributed by atoms with Crippen molar-refractivity contribution < 1.29 is 4.74 Å². The van der Waals surface area contributed by atoms with Gasteiger partial charge in [0.2, 0.25) is 0 Å². The molecule has 0 aromatic rings. The van der Waals surface area contributed by atoms with Gasteiger partial charge in [-0.25, -0.2) is 0 Å². The van der Waals surface area contributed by atoms with Crippen LogP contribution in [0, 0.1) is 0 Å². The third-order valence-electron chi connectivity index (χ3n) is 3.62. The molecule has 21 heavy (non-hydrogen) atoms. The molecule has 1 fully saturated rings. The Labute approximate surface area is 134 Å². The van der Waals surface area contributed by atoms with Crippen LogP contribution in [-0.2, 0) is 4.74 Å². The number of unbranched alkanes of at least 4 members (excludes halogenated alkanes) is 1. The van der Waals surface area contributed by atoms with Gasteiger partial charge in [0.15, 0.2) is 5.96 Å². The van der Waals surface area contributed by atoms with Gasteiger partial charge in [-0.1, -0.05) is 13.3 Å². The molecular weight excluding hydrogens is 282 g/mol. The molecule has 1 atom stereocenters. The molecule has 1 saturated heterocycles. The minimum atomic E-state index is 0.339. The fourth-order valence-electron chi connectivity index (χ4n) is 2.28. The molecule has 0 radical (unpaired) electrons. The van der Waals surface area contributed by atoms with E-state index in [1.165, 1.54) is 25.0 Å². The molecule has 5 heteroatoms. The largest absolute Gasteiger partial charge is 0.381 e. The minimum Gasteiger partial charge on any atom is -0.381 e. The van der Waals surface area contributed by atoms with E-state index in [9.17, 15) is 0 Å². The lowest BCUT2D eigenvalue weighted by atomic mass is 10.1. The molecule has 4 nitrogen and oxygen atoms in total. The highest BCUT2D eigenvalue weighted by Gasteiger charge is 2.29. The van der Waals surface area contributed by atoms with Crippen molar-refractivity contribution in [2.45, 2.75) is 57.6 Å². The molecule has 1 unspecified atom stereocenters. The second-order valence-corrected chi connectivity index (χ2v) is 7.53. The average molecular weight is 316 g/mol. The van der Waals surface area contributed by atoms with Crippen molar-refractivity contribution in [3.63, 3.8) is 0 Å². The molecule has 1 aliphatic heterocycles. The van der Waals surface area contributed by atoms with Crippen LogP contribution >= 0.6 is 11.8 Å². The highest BCUT2D eigenvalue weighted by atomic mass is 32.2. The van der Waals surface area contributed by atoms with Crippen LogP contribution < -0.4 is 10.6 Å². The minimum absolute atomic E-state index is 0.339. The van der Waals surface area contributed by atoms with Crippen LogP contribution in [0.5, 0.6) is 0 Å². The topological polar surface area (TPSA) is 45.6 Å². The van der Waals surface area contributed by atoms with Gasteiger partial charge in [-0.05, 0) is 45.3 Å². The first kappa shape index (κ1) is 18.6. The van der Waals surface area contributed by atoms with Crippen LogP contribution in [0.25, 0.3) is 0 Å². The lowest BCUT2D eigenvalue weighted by Crippen LogP contribution is -2.39. The summed E-state index contributed by atoms with van der Waals surface area (Å²) < 4.78 is 5.91. The third kappa shape index (κ3) is 8.57. The monoisotopic (exact) mass is 315 g/mol. The van der Waals surface area contributed by atoms with Crippen molar-refractivity contribution in [3.8, 4) is 0 Å². The molecule has 1 aliphatic rings. The van der Waals surface area contributed by atoms with Gasteiger partial charge in [0.05, 0.1) is 6.54 Å². The van der Waals surface area contributed by atoms with Crippen molar-refractivity contribution in [1.29, 1.82) is 0 Å². The molecule has 0 bridgehead atoms. The summed E-state index contributed by atoms with van der Waals surface area (Å²) in [5.41, 5.74) is 0. The van der Waals surface area contributed by atoms with Gasteiger partial charge in [-0.2, -0.15) is 11.8 Å². The van der Waals surface area contributed by atoms with Gasteiger partial charge in [-0.3, -0.25) is 4.99 Å². The zero-order valence-corrected chi connectivity index (χ0v) is 14.9. The number of ether oxygens (including phenoxy) is 1. The molecule has 2 N–H and O–H groups in total. The van der Waals surface area contributed by atoms with Gasteiger partial charge < -0.3 is 15.4 Å². The summed E-state index contributed by atoms with van der Waals surface area (Å²) in [5.74, 6) is 2.23. The molecular formula is C16H33N3OS. The van der Waals surface area contributed by atoms with Crippen LogP contribution in [0.2, 0.25) is 0 Å². The van der Waals surface area contributed by atoms with Gasteiger partial charge in [-0.15, -0.1) is 0 Å². The number of hydrogen-bond acceptors (Lipinski definition) is 3. The molecule has 124 valence electrons. The quantitative estimate of drug-likeness (QED) is 0.369. The Morgan fingerprint density at radius 2 is 2.05 bits per heavy atom. The molecule has 1 rings (SSSR count). The van der Waals surface area contributed by atoms with E-state index in [4.69, 9.17) is 9.73 Å². The Balaban J connectivity index is 2.19. The first-order valence-corrected chi connectivity index (χ1v) is 9.42. The van der Waals surface area contributed by atoms with E-state index in [-0.39, 0.29) is 0 Å². The predicted octanol–water partition coefficient (Wildman–Crippen LogP) is 3.03. The maximum atomic E-state index is 5.57. The predicted molar refractivity (Wildman–Crippen MR) is 94.4 cm³/mol. The molecule has 1 heterocycles. The van der Waals surface area contributed by atoms with Gasteiger partial charge in [0.1, 0.15) is 0 Å². The number of thioether (sulfide) groups is 1. The summed E-state index contributed by atoms with van der Waals surface area (Å²) in [7, 11) is 0. The Bertz CT molecular complexity index is 291. The first-order valence-electron chi connectivity index (χ1n) is 8.44. The van der Waals surface area contributed by atoms with Crippen molar-refractivity contribution in [2.75, 3.05) is 38.6 Å². The first-order chi connectivity index (χ1) is 10.2. The Hall–Kier alpha value is -0.420. The number of guanidine groups is 1. The highest BCUT2D eigenvalue weighted by molar-refractivity contribution is 8.00. The molecule has 0 spiro atoms. The van der Waals surface area contributed by atoms with Crippen LogP contribution in [0.3, 0.4) is 0 Å². The molecule has 0 aromatic heterocycles. The number of nitrogens with one attached hydrogen (secondary N) is 2. The summed E-state index contributed by atoms with van der Waals surface area (Å²) in [6.45, 7) is 11.1. The molecule has 0 aliphatic carbocycles. The van der Waals surface area contributed by atoms with Crippen LogP contribution in [0.4, 0.5) is 0 Å². The second-order valence-electron chi connectivity index (χ2n) is 5.84. The molecule has 0 saturated carbocycles. The van der Waals surface area contributed by atoms with E-state index in [2.05, 4.69) is 43.2 Å². The summed E-state index contributed by atoms with van der Waals surface area (Å²) in [4.78, 5) is 4.75. The second kappa shape index (κ2) is 11.2. The van der Waals surface area contributed by atoms with E-state index in [0.717, 1.165) is 51.6 Å². The summed E-state index contributed by atoms with van der Waals surface area (Å²) >= 11 is 2.06. The van der Waals surface area contributed by atoms with Gasteiger partial charge in [0, 0.05) is 31.1 Å². The zero-order valence-electron chi connectivity index (χ0n) is 14.0. The van der Waals surface area contributed by atoms with Crippen LogP contribution in [-0.4, -0.2) is 49.3 Å². The maximum absolute atomic E-state index is 5.57. The number of hydrogen-bond donors (Lipinski definition) is 2. The van der Waals surface area contributed by atoms with E-state index in [1.807, 2.05) is 0 Å². The van der Waals surface area contributed by atoms with E-state index >= 15 is 0 Å². The smallest absolute Gasteiger partial charge is 0.191 e. The Kier molecular flexibility index (Phi) is 9.92. The third-order valence-corrected chi connectivity index (χ3v) is 5.14. The van der Waals surface area contributed by atoms with Crippen molar-refractivity contribution >= 4 is 17.7 Å². The fraction of sp³-hybridized carbons (Fsp3) is 0.938. The summed E-state index contributed by atoms with van der Waals surface area (Å²) in [6, 6.07) is 0. The number of aliphatic imine (C=N–C) groups is 1. The lowest BCUT2D eigenvalue weighted by Gasteiger charge is -2.21. The lowest BCUT2D eigenvalue weighted by molar-refractivity contribution is 0.129. The highest BCUT2D eigenvalue weighted by Crippen LogP contribution is 2.37. The van der Waals surface area contributed by atoms with E-state index < -0.39 is 0 Å². The standard InChI is InChI=1S/C16H33N3OS/c1-4-6-11-20-12-8-10-18-15(17-5-2)19-14-16(3)9-7-13-21-16/h4-14H2,1-3H3,(H2,17,18,19). The van der Waals surface area contributed by atoms with Gasteiger partial charge >= 0.3 is 0 Å². The van der Waals surface area contributed by atoms with Crippen molar-refractivity contribution in [3.05, 3.63) is 0 Å². The number of rotatable bonds is 10. The summed E-state index contributed by atoms with van der Waals surface area (Å²) in [6.07, 6.45) is 6.00. The zero-order chi connectivity index (χ0) is 15.4. The fourth-order valence-corrected chi connectivity index (χ4v) is 3.51. The van der Waals surface area contributed by atoms with E-state index in [0.29, 0.717) is 4.75 Å². The normalized spacial score (nSPS) is 22.5. The van der Waals surface area contributed by atoms with Crippen LogP contribution in [0.1, 0.15) is 52.9 Å². The Morgan fingerprint density at radius 3 is 2.71 bits per heavy atom. The average Bonchev–Trinajstić information content (AvgIpc) is 2.91. The molecule has 0 amide bonds. The number of nitrogens with zero attached hydrogens (tertiary/aromatic N) is 1. The maximum Gasteiger partial charge on any atom is 0.191 e. The van der Waals surface area contributed by atoms with Gasteiger partial charge in [0.25, 0.3) is 0 Å². The SMILES string of the molecule is CCCCOCCCNC(=NCC1(C)CCCS1)NCC. The van der Waals surface area contributed by atoms with E-state index in [1.54, 1.807) is 0 Å². The van der Waals surface area contributed by atoms with Crippen LogP contribution in [0.15, 0.2) is 4.99 Å². The van der Waals surface area contributed by atoms with Crippen molar-refractivity contribution in [2.24, 2.45) is 4.99 Å². The molecule has 0 aromatic carbocycles. The Morgan fingerprint density at radius 1 is 1.24 bits per heavy atom. The summed E-state index contributed by atoms with van der Waals surface area (Å²) in [5, 5.41) is 6.73.